The van der Waals surface area contributed by atoms with E-state index in [9.17, 15) is 13.6 Å². The second-order valence-electron chi connectivity index (χ2n) is 7.04. The summed E-state index contributed by atoms with van der Waals surface area (Å²) >= 11 is 0. The summed E-state index contributed by atoms with van der Waals surface area (Å²) in [5.41, 5.74) is 1.67. The zero-order chi connectivity index (χ0) is 19.2. The fourth-order valence-electron chi connectivity index (χ4n) is 3.21. The summed E-state index contributed by atoms with van der Waals surface area (Å²) < 4.78 is 27.1. The van der Waals surface area contributed by atoms with Crippen LogP contribution >= 0.6 is 0 Å². The minimum absolute atomic E-state index is 0.111. The second-order valence-corrected chi connectivity index (χ2v) is 7.04. The molecule has 4 nitrogen and oxygen atoms in total. The number of para-hydroxylation sites is 1. The molecule has 144 valence electrons. The molecule has 2 aromatic rings. The maximum atomic E-state index is 13.5. The third kappa shape index (κ3) is 5.18. The van der Waals surface area contributed by atoms with Crippen molar-refractivity contribution in [2.75, 3.05) is 35.2 Å². The van der Waals surface area contributed by atoms with Crippen LogP contribution in [0.25, 0.3) is 0 Å². The van der Waals surface area contributed by atoms with Crippen molar-refractivity contribution in [3.63, 3.8) is 0 Å². The van der Waals surface area contributed by atoms with E-state index in [1.165, 1.54) is 31.0 Å². The van der Waals surface area contributed by atoms with Gasteiger partial charge in [-0.3, -0.25) is 4.79 Å². The van der Waals surface area contributed by atoms with Crippen LogP contribution in [0.2, 0.25) is 0 Å². The Morgan fingerprint density at radius 3 is 2.33 bits per heavy atom. The minimum Gasteiger partial charge on any atom is -0.380 e. The SMILES string of the molecule is CC1CCN(c2ccc(NC(=O)CCNc3c(F)cccc3F)cc2)CC1. The fourth-order valence-corrected chi connectivity index (χ4v) is 3.21. The quantitative estimate of drug-likeness (QED) is 0.775. The molecule has 0 radical (unpaired) electrons. The first-order chi connectivity index (χ1) is 13.0. The number of nitrogens with zero attached hydrogens (tertiary/aromatic N) is 1. The van der Waals surface area contributed by atoms with E-state index in [-0.39, 0.29) is 24.6 Å². The van der Waals surface area contributed by atoms with Crippen molar-refractivity contribution in [2.45, 2.75) is 26.2 Å². The molecule has 2 aromatic carbocycles. The normalized spacial score (nSPS) is 14.9. The van der Waals surface area contributed by atoms with Gasteiger partial charge in [0.2, 0.25) is 5.91 Å². The van der Waals surface area contributed by atoms with Gasteiger partial charge in [0.05, 0.1) is 0 Å². The summed E-state index contributed by atoms with van der Waals surface area (Å²) in [5, 5.41) is 5.45. The zero-order valence-electron chi connectivity index (χ0n) is 15.5. The van der Waals surface area contributed by atoms with Gasteiger partial charge in [-0.2, -0.15) is 0 Å². The van der Waals surface area contributed by atoms with Gasteiger partial charge in [-0.1, -0.05) is 13.0 Å². The Balaban J connectivity index is 1.46. The highest BCUT2D eigenvalue weighted by molar-refractivity contribution is 5.91. The molecule has 6 heteroatoms. The van der Waals surface area contributed by atoms with E-state index in [4.69, 9.17) is 0 Å². The number of nitrogens with one attached hydrogen (secondary N) is 2. The largest absolute Gasteiger partial charge is 0.380 e. The van der Waals surface area contributed by atoms with Gasteiger partial charge in [0, 0.05) is 37.4 Å². The summed E-state index contributed by atoms with van der Waals surface area (Å²) in [6, 6.07) is 11.4. The summed E-state index contributed by atoms with van der Waals surface area (Å²) in [6.07, 6.45) is 2.52. The van der Waals surface area contributed by atoms with Crippen molar-refractivity contribution in [3.8, 4) is 0 Å². The van der Waals surface area contributed by atoms with Gasteiger partial charge in [-0.05, 0) is 55.2 Å². The first-order valence-electron chi connectivity index (χ1n) is 9.35. The number of piperidine rings is 1. The van der Waals surface area contributed by atoms with Crippen molar-refractivity contribution >= 4 is 23.0 Å². The third-order valence-electron chi connectivity index (χ3n) is 4.92. The van der Waals surface area contributed by atoms with Crippen LogP contribution in [-0.4, -0.2) is 25.5 Å². The average molecular weight is 373 g/mol. The lowest BCUT2D eigenvalue weighted by molar-refractivity contribution is -0.115. The van der Waals surface area contributed by atoms with E-state index in [2.05, 4.69) is 22.5 Å². The van der Waals surface area contributed by atoms with Crippen LogP contribution in [0.3, 0.4) is 0 Å². The number of anilines is 3. The van der Waals surface area contributed by atoms with Gasteiger partial charge in [-0.15, -0.1) is 0 Å². The van der Waals surface area contributed by atoms with E-state index in [1.807, 2.05) is 24.3 Å². The Bertz CT molecular complexity index is 751. The lowest BCUT2D eigenvalue weighted by atomic mass is 9.99. The Morgan fingerprint density at radius 2 is 1.70 bits per heavy atom. The Kier molecular flexibility index (Phi) is 6.27. The predicted molar refractivity (Wildman–Crippen MR) is 105 cm³/mol. The molecule has 0 saturated carbocycles. The number of rotatable bonds is 6. The molecular weight excluding hydrogens is 348 g/mol. The Hall–Kier alpha value is -2.63. The van der Waals surface area contributed by atoms with Gasteiger partial charge in [0.15, 0.2) is 0 Å². The zero-order valence-corrected chi connectivity index (χ0v) is 15.5. The number of halogens is 2. The summed E-state index contributed by atoms with van der Waals surface area (Å²) in [6.45, 7) is 4.55. The molecule has 1 aliphatic heterocycles. The molecule has 27 heavy (non-hydrogen) atoms. The van der Waals surface area contributed by atoms with Crippen LogP contribution in [-0.2, 0) is 4.79 Å². The molecule has 1 heterocycles. The fraction of sp³-hybridized carbons (Fsp3) is 0.381. The van der Waals surface area contributed by atoms with E-state index >= 15 is 0 Å². The van der Waals surface area contributed by atoms with E-state index < -0.39 is 11.6 Å². The van der Waals surface area contributed by atoms with Gasteiger partial charge in [0.25, 0.3) is 0 Å². The molecule has 1 fully saturated rings. The third-order valence-corrected chi connectivity index (χ3v) is 4.92. The van der Waals surface area contributed by atoms with E-state index in [1.54, 1.807) is 0 Å². The number of carbonyl (C=O) groups is 1. The van der Waals surface area contributed by atoms with Crippen molar-refractivity contribution in [2.24, 2.45) is 5.92 Å². The molecule has 0 unspecified atom stereocenters. The highest BCUT2D eigenvalue weighted by atomic mass is 19.1. The Labute approximate surface area is 158 Å². The molecular formula is C21H25F2N3O. The van der Waals surface area contributed by atoms with Crippen molar-refractivity contribution in [1.82, 2.24) is 0 Å². The highest BCUT2D eigenvalue weighted by Gasteiger charge is 2.16. The van der Waals surface area contributed by atoms with Crippen LogP contribution in [0, 0.1) is 17.6 Å². The lowest BCUT2D eigenvalue weighted by Crippen LogP contribution is -2.32. The molecule has 2 N–H and O–H groups in total. The summed E-state index contributed by atoms with van der Waals surface area (Å²) in [5.74, 6) is -0.763. The van der Waals surface area contributed by atoms with Crippen molar-refractivity contribution in [1.29, 1.82) is 0 Å². The van der Waals surface area contributed by atoms with Crippen LogP contribution in [0.5, 0.6) is 0 Å². The lowest BCUT2D eigenvalue weighted by Gasteiger charge is -2.32. The van der Waals surface area contributed by atoms with Crippen LogP contribution < -0.4 is 15.5 Å². The maximum Gasteiger partial charge on any atom is 0.226 e. The molecule has 0 bridgehead atoms. The van der Waals surface area contributed by atoms with Crippen molar-refractivity contribution < 1.29 is 13.6 Å². The number of carbonyl (C=O) groups excluding carboxylic acids is 1. The smallest absolute Gasteiger partial charge is 0.226 e. The number of hydrogen-bond donors (Lipinski definition) is 2. The minimum atomic E-state index is -0.668. The van der Waals surface area contributed by atoms with Gasteiger partial charge in [0.1, 0.15) is 17.3 Å². The monoisotopic (exact) mass is 373 g/mol. The van der Waals surface area contributed by atoms with Crippen LogP contribution in [0.15, 0.2) is 42.5 Å². The van der Waals surface area contributed by atoms with Crippen LogP contribution in [0.1, 0.15) is 26.2 Å². The summed E-state index contributed by atoms with van der Waals surface area (Å²) in [7, 11) is 0. The van der Waals surface area contributed by atoms with Gasteiger partial charge >= 0.3 is 0 Å². The molecule has 3 rings (SSSR count). The molecule has 0 atom stereocenters. The standard InChI is InChI=1S/C21H25F2N3O/c1-15-10-13-26(14-11-15)17-7-5-16(6-8-17)25-20(27)9-12-24-21-18(22)3-2-4-19(21)23/h2-8,15,24H,9-14H2,1H3,(H,25,27). The topological polar surface area (TPSA) is 44.4 Å². The second kappa shape index (κ2) is 8.84. The number of hydrogen-bond acceptors (Lipinski definition) is 3. The Morgan fingerprint density at radius 1 is 1.07 bits per heavy atom. The van der Waals surface area contributed by atoms with E-state index in [0.717, 1.165) is 24.7 Å². The molecule has 1 aliphatic rings. The first kappa shape index (κ1) is 19.1. The van der Waals surface area contributed by atoms with Gasteiger partial charge in [-0.25, -0.2) is 8.78 Å². The number of amides is 1. The molecule has 1 saturated heterocycles. The van der Waals surface area contributed by atoms with Gasteiger partial charge < -0.3 is 15.5 Å². The first-order valence-corrected chi connectivity index (χ1v) is 9.35. The van der Waals surface area contributed by atoms with E-state index in [0.29, 0.717) is 5.69 Å². The van der Waals surface area contributed by atoms with Crippen molar-refractivity contribution in [3.05, 3.63) is 54.1 Å². The summed E-state index contributed by atoms with van der Waals surface area (Å²) in [4.78, 5) is 14.4. The van der Waals surface area contributed by atoms with Crippen LogP contribution in [0.4, 0.5) is 25.8 Å². The molecule has 0 aliphatic carbocycles. The predicted octanol–water partition coefficient (Wildman–Crippen LogP) is 4.64. The molecule has 0 aromatic heterocycles. The number of benzene rings is 2. The highest BCUT2D eigenvalue weighted by Crippen LogP contribution is 2.24. The molecule has 1 amide bonds. The molecule has 0 spiro atoms. The average Bonchev–Trinajstić information content (AvgIpc) is 2.65. The maximum absolute atomic E-state index is 13.5.